The van der Waals surface area contributed by atoms with Crippen molar-refractivity contribution in [3.8, 4) is 5.69 Å². The zero-order chi connectivity index (χ0) is 41.7. The second-order valence-corrected chi connectivity index (χ2v) is 14.1. The van der Waals surface area contributed by atoms with Crippen LogP contribution in [0.2, 0.25) is 5.02 Å². The van der Waals surface area contributed by atoms with Gasteiger partial charge in [-0.25, -0.2) is 19.3 Å². The van der Waals surface area contributed by atoms with Crippen molar-refractivity contribution in [2.45, 2.75) is 37.4 Å². The lowest BCUT2D eigenvalue weighted by atomic mass is 9.95. The number of carboxylic acid groups (broad SMARTS) is 2. The van der Waals surface area contributed by atoms with Gasteiger partial charge in [-0.1, -0.05) is 41.9 Å². The molecule has 58 heavy (non-hydrogen) atoms. The largest absolute Gasteiger partial charge is 0.478 e. The number of carboxylic acids is 1. The molecule has 1 saturated heterocycles. The lowest BCUT2D eigenvalue weighted by Gasteiger charge is -2.37. The van der Waals surface area contributed by atoms with Gasteiger partial charge in [0.2, 0.25) is 17.5 Å². The molecular weight excluding hydrogens is 778 g/mol. The Kier molecular flexibility index (Phi) is 11.9. The van der Waals surface area contributed by atoms with Crippen LogP contribution in [-0.2, 0) is 30.4 Å². The standard InChI is InChI=1S/C37H38ClN11O9/c1-46(2)33(53)22-15-17-47(18-16-22)35(56)40-24-11-7-21(8-12-24)9-14-29(50)42-30-25-5-3-4-6-27(25)49(36(57)58)37(30,34(54)55)43-32(52)31(51)41-26-19-23(38)10-13-28(26)48-20-39-44-45-48/h3-8,10-13,19-20,22,30H,9,14-18H2,1-2H3,(H,40,56)(H,41,51)(H,42,50)(H,43,52)(H,54,55)(H,57,58). The van der Waals surface area contributed by atoms with E-state index in [-0.39, 0.29) is 58.3 Å². The number of aryl methyl sites for hydroxylation is 1. The highest BCUT2D eigenvalue weighted by molar-refractivity contribution is 6.40. The second-order valence-electron chi connectivity index (χ2n) is 13.7. The van der Waals surface area contributed by atoms with Gasteiger partial charge in [0.1, 0.15) is 12.4 Å². The number of urea groups is 1. The predicted molar refractivity (Wildman–Crippen MR) is 206 cm³/mol. The van der Waals surface area contributed by atoms with Crippen molar-refractivity contribution in [1.82, 2.24) is 40.6 Å². The summed E-state index contributed by atoms with van der Waals surface area (Å²) < 4.78 is 1.17. The highest BCUT2D eigenvalue weighted by atomic mass is 35.5. The third kappa shape index (κ3) is 8.36. The summed E-state index contributed by atoms with van der Waals surface area (Å²) in [6.07, 6.45) is 0.510. The van der Waals surface area contributed by atoms with Crippen LogP contribution in [0.4, 0.5) is 26.7 Å². The second kappa shape index (κ2) is 17.0. The number of likely N-dealkylation sites (tertiary alicyclic amines) is 1. The number of hydrogen-bond acceptors (Lipinski definition) is 10. The van der Waals surface area contributed by atoms with Crippen LogP contribution < -0.4 is 26.2 Å². The maximum absolute atomic E-state index is 13.6. The molecule has 6 rings (SSSR count). The summed E-state index contributed by atoms with van der Waals surface area (Å²) in [5.74, 6) is -5.63. The van der Waals surface area contributed by atoms with Gasteiger partial charge in [-0.05, 0) is 71.7 Å². The number of para-hydroxylation sites is 1. The van der Waals surface area contributed by atoms with E-state index in [2.05, 4.69) is 36.8 Å². The van der Waals surface area contributed by atoms with E-state index in [4.69, 9.17) is 11.6 Å². The summed E-state index contributed by atoms with van der Waals surface area (Å²) in [4.78, 5) is 95.1. The molecule has 0 bridgehead atoms. The van der Waals surface area contributed by atoms with E-state index in [0.717, 1.165) is 0 Å². The molecule has 302 valence electrons. The van der Waals surface area contributed by atoms with Gasteiger partial charge < -0.3 is 41.3 Å². The minimum Gasteiger partial charge on any atom is -0.478 e. The molecule has 0 aliphatic carbocycles. The zero-order valence-corrected chi connectivity index (χ0v) is 31.8. The molecule has 0 spiro atoms. The van der Waals surface area contributed by atoms with Crippen molar-refractivity contribution in [2.24, 2.45) is 5.92 Å². The number of fused-ring (bicyclic) bond motifs is 1. The highest BCUT2D eigenvalue weighted by Gasteiger charge is 2.62. The first-order valence-electron chi connectivity index (χ1n) is 17.9. The number of piperidine rings is 1. The van der Waals surface area contributed by atoms with E-state index in [0.29, 0.717) is 42.1 Å². The van der Waals surface area contributed by atoms with Crippen LogP contribution in [0.15, 0.2) is 73.1 Å². The van der Waals surface area contributed by atoms with E-state index >= 15 is 0 Å². The van der Waals surface area contributed by atoms with Crippen molar-refractivity contribution in [3.63, 3.8) is 0 Å². The molecule has 4 aromatic rings. The van der Waals surface area contributed by atoms with Crippen molar-refractivity contribution >= 4 is 70.4 Å². The number of aliphatic carboxylic acids is 1. The number of hydrogen-bond donors (Lipinski definition) is 6. The molecule has 6 N–H and O–H groups in total. The van der Waals surface area contributed by atoms with E-state index in [1.807, 2.05) is 0 Å². The van der Waals surface area contributed by atoms with Crippen molar-refractivity contribution in [1.29, 1.82) is 0 Å². The van der Waals surface area contributed by atoms with Gasteiger partial charge in [0.05, 0.1) is 17.1 Å². The molecule has 20 nitrogen and oxygen atoms in total. The summed E-state index contributed by atoms with van der Waals surface area (Å²) in [6, 6.07) is 14.6. The van der Waals surface area contributed by atoms with Crippen molar-refractivity contribution < 1.29 is 43.8 Å². The first-order valence-corrected chi connectivity index (χ1v) is 18.2. The lowest BCUT2D eigenvalue weighted by molar-refractivity contribution is -0.150. The average Bonchev–Trinajstić information content (AvgIpc) is 3.83. The molecule has 0 radical (unpaired) electrons. The Morgan fingerprint density at radius 1 is 0.897 bits per heavy atom. The number of benzene rings is 3. The van der Waals surface area contributed by atoms with Crippen LogP contribution >= 0.6 is 11.6 Å². The third-order valence-corrected chi connectivity index (χ3v) is 10.0. The lowest BCUT2D eigenvalue weighted by Crippen LogP contribution is -2.71. The Hall–Kier alpha value is -7.09. The molecule has 0 saturated carbocycles. The Morgan fingerprint density at radius 2 is 1.60 bits per heavy atom. The number of anilines is 3. The molecule has 3 heterocycles. The minimum absolute atomic E-state index is 0.0380. The predicted octanol–water partition coefficient (Wildman–Crippen LogP) is 2.47. The van der Waals surface area contributed by atoms with Gasteiger partial charge in [0, 0.05) is 55.8 Å². The summed E-state index contributed by atoms with van der Waals surface area (Å²) in [5.41, 5.74) is -1.68. The van der Waals surface area contributed by atoms with Gasteiger partial charge in [0.25, 0.3) is 0 Å². The fourth-order valence-corrected chi connectivity index (χ4v) is 7.12. The molecular formula is C37H38ClN11O9. The normalized spacial score (nSPS) is 17.5. The van der Waals surface area contributed by atoms with Gasteiger partial charge >= 0.3 is 29.9 Å². The summed E-state index contributed by atoms with van der Waals surface area (Å²) >= 11 is 6.12. The molecule has 2 aliphatic heterocycles. The van der Waals surface area contributed by atoms with Gasteiger partial charge in [-0.2, -0.15) is 4.68 Å². The van der Waals surface area contributed by atoms with Crippen LogP contribution in [0.5, 0.6) is 0 Å². The first-order chi connectivity index (χ1) is 27.7. The molecule has 7 amide bonds. The van der Waals surface area contributed by atoms with Crippen LogP contribution in [0.3, 0.4) is 0 Å². The summed E-state index contributed by atoms with van der Waals surface area (Å²) in [5, 5.41) is 41.9. The number of rotatable bonds is 10. The molecule has 1 fully saturated rings. The Balaban J connectivity index is 1.14. The number of halogens is 1. The van der Waals surface area contributed by atoms with E-state index in [9.17, 15) is 43.8 Å². The van der Waals surface area contributed by atoms with Crippen molar-refractivity contribution in [2.75, 3.05) is 42.7 Å². The fourth-order valence-electron chi connectivity index (χ4n) is 6.95. The van der Waals surface area contributed by atoms with Gasteiger partial charge in [0.15, 0.2) is 0 Å². The average molecular weight is 816 g/mol. The number of nitrogens with zero attached hydrogens (tertiary/aromatic N) is 7. The molecule has 2 aliphatic rings. The van der Waals surface area contributed by atoms with Gasteiger partial charge in [-0.15, -0.1) is 5.10 Å². The minimum atomic E-state index is -2.93. The Bertz CT molecular complexity index is 2250. The van der Waals surface area contributed by atoms with Crippen LogP contribution in [0, 0.1) is 5.92 Å². The number of carbonyl (C=O) groups excluding carboxylic acids is 5. The molecule has 3 aromatic carbocycles. The Morgan fingerprint density at radius 3 is 2.24 bits per heavy atom. The number of nitrogens with one attached hydrogen (secondary N) is 4. The molecule has 21 heteroatoms. The van der Waals surface area contributed by atoms with Crippen LogP contribution in [0.1, 0.15) is 36.4 Å². The SMILES string of the molecule is CN(C)C(=O)C1CCN(C(=O)Nc2ccc(CCC(=O)NC3c4ccccc4N(C(=O)O)C3(NC(=O)C(=O)Nc3cc(Cl)ccc3-n3cnnn3)C(=O)O)cc2)CC1. The number of carbonyl (C=O) groups is 7. The monoisotopic (exact) mass is 815 g/mol. The number of amides is 7. The Labute approximate surface area is 335 Å². The van der Waals surface area contributed by atoms with E-state index < -0.39 is 41.5 Å². The van der Waals surface area contributed by atoms with E-state index in [1.54, 1.807) is 48.2 Å². The summed E-state index contributed by atoms with van der Waals surface area (Å²) in [6.45, 7) is 0.873. The quantitative estimate of drug-likeness (QED) is 0.126. The smallest absolute Gasteiger partial charge is 0.414 e. The maximum Gasteiger partial charge on any atom is 0.414 e. The topological polar surface area (TPSA) is 261 Å². The van der Waals surface area contributed by atoms with Crippen LogP contribution in [0.25, 0.3) is 5.69 Å². The fraction of sp³-hybridized carbons (Fsp3) is 0.297. The molecule has 2 unspecified atom stereocenters. The third-order valence-electron chi connectivity index (χ3n) is 9.81. The first kappa shape index (κ1) is 40.6. The molecule has 1 aromatic heterocycles. The zero-order valence-electron chi connectivity index (χ0n) is 31.1. The number of tetrazole rings is 1. The molecule has 2 atom stereocenters. The van der Waals surface area contributed by atoms with Crippen LogP contribution in [-0.4, -0.2) is 115 Å². The number of aromatic nitrogens is 4. The highest BCUT2D eigenvalue weighted by Crippen LogP contribution is 2.45. The summed E-state index contributed by atoms with van der Waals surface area (Å²) in [7, 11) is 3.41. The van der Waals surface area contributed by atoms with Gasteiger partial charge in [-0.3, -0.25) is 19.2 Å². The van der Waals surface area contributed by atoms with E-state index in [1.165, 1.54) is 53.5 Å². The van der Waals surface area contributed by atoms with Crippen molar-refractivity contribution in [3.05, 3.63) is 89.2 Å². The maximum atomic E-state index is 13.6.